The standard InChI is InChI=1S/C23H21N5O2S/c1-13(2)12-18(27-21(29)16-6-4-5-7-17(16)22(27)30)20-26-28-19(24-25-23(28)31-20)15-10-8-14(3)9-11-15/h4-11,13,18H,12H2,1-3H3. The van der Waals surface area contributed by atoms with Gasteiger partial charge in [0.1, 0.15) is 5.01 Å². The summed E-state index contributed by atoms with van der Waals surface area (Å²) in [7, 11) is 0. The van der Waals surface area contributed by atoms with Crippen molar-refractivity contribution in [3.8, 4) is 11.4 Å². The molecular weight excluding hydrogens is 410 g/mol. The zero-order valence-corrected chi connectivity index (χ0v) is 18.3. The van der Waals surface area contributed by atoms with Crippen molar-refractivity contribution in [2.24, 2.45) is 5.92 Å². The number of aromatic nitrogens is 4. The van der Waals surface area contributed by atoms with Gasteiger partial charge in [0.05, 0.1) is 17.2 Å². The zero-order valence-electron chi connectivity index (χ0n) is 17.4. The topological polar surface area (TPSA) is 80.5 Å². The highest BCUT2D eigenvalue weighted by Gasteiger charge is 2.42. The Morgan fingerprint density at radius 3 is 2.19 bits per heavy atom. The van der Waals surface area contributed by atoms with E-state index in [1.54, 1.807) is 28.8 Å². The van der Waals surface area contributed by atoms with Gasteiger partial charge in [-0.25, -0.2) is 0 Å². The van der Waals surface area contributed by atoms with Gasteiger partial charge >= 0.3 is 0 Å². The summed E-state index contributed by atoms with van der Waals surface area (Å²) in [4.78, 5) is 28.2. The normalized spacial score (nSPS) is 14.6. The minimum atomic E-state index is -0.454. The molecule has 0 bridgehead atoms. The molecule has 1 atom stereocenters. The van der Waals surface area contributed by atoms with Gasteiger partial charge in [0.15, 0.2) is 5.82 Å². The summed E-state index contributed by atoms with van der Waals surface area (Å²) in [5.41, 5.74) is 2.97. The van der Waals surface area contributed by atoms with E-state index in [1.807, 2.05) is 31.2 Å². The first-order chi connectivity index (χ1) is 14.9. The maximum atomic E-state index is 13.1. The first-order valence-electron chi connectivity index (χ1n) is 10.2. The van der Waals surface area contributed by atoms with E-state index in [9.17, 15) is 9.59 Å². The van der Waals surface area contributed by atoms with Gasteiger partial charge in [-0.1, -0.05) is 67.1 Å². The van der Waals surface area contributed by atoms with Gasteiger partial charge in [-0.05, 0) is 31.4 Å². The van der Waals surface area contributed by atoms with Crippen LogP contribution in [0.5, 0.6) is 0 Å². The van der Waals surface area contributed by atoms with Crippen molar-refractivity contribution in [1.29, 1.82) is 0 Å². The molecule has 0 aliphatic carbocycles. The number of fused-ring (bicyclic) bond motifs is 2. The second-order valence-electron chi connectivity index (χ2n) is 8.20. The van der Waals surface area contributed by atoms with Crippen molar-refractivity contribution in [1.82, 2.24) is 24.7 Å². The van der Waals surface area contributed by atoms with Crippen molar-refractivity contribution in [2.45, 2.75) is 33.2 Å². The molecule has 0 N–H and O–H groups in total. The molecule has 5 rings (SSSR count). The predicted octanol–water partition coefficient (Wildman–Crippen LogP) is 4.54. The minimum absolute atomic E-state index is 0.264. The van der Waals surface area contributed by atoms with E-state index in [4.69, 9.17) is 5.10 Å². The number of hydrogen-bond donors (Lipinski definition) is 0. The van der Waals surface area contributed by atoms with Crippen LogP contribution < -0.4 is 0 Å². The fourth-order valence-electron chi connectivity index (χ4n) is 3.90. The summed E-state index contributed by atoms with van der Waals surface area (Å²) >= 11 is 1.37. The second-order valence-corrected chi connectivity index (χ2v) is 9.18. The van der Waals surface area contributed by atoms with Crippen LogP contribution in [0.2, 0.25) is 0 Å². The zero-order chi connectivity index (χ0) is 21.7. The number of aryl methyl sites for hydroxylation is 1. The van der Waals surface area contributed by atoms with E-state index < -0.39 is 6.04 Å². The van der Waals surface area contributed by atoms with E-state index in [1.165, 1.54) is 16.2 Å². The van der Waals surface area contributed by atoms with Crippen LogP contribution in [0.1, 0.15) is 57.6 Å². The minimum Gasteiger partial charge on any atom is -0.269 e. The van der Waals surface area contributed by atoms with Crippen LogP contribution in [0.4, 0.5) is 0 Å². The molecular formula is C23H21N5O2S. The first-order valence-corrected chi connectivity index (χ1v) is 11.0. The highest BCUT2D eigenvalue weighted by Crippen LogP contribution is 2.37. The lowest BCUT2D eigenvalue weighted by Gasteiger charge is -2.25. The molecule has 0 saturated heterocycles. The lowest BCUT2D eigenvalue weighted by molar-refractivity contribution is 0.0562. The molecule has 2 aromatic carbocycles. The predicted molar refractivity (Wildman–Crippen MR) is 118 cm³/mol. The molecule has 1 aliphatic heterocycles. The van der Waals surface area contributed by atoms with E-state index in [0.29, 0.717) is 33.3 Å². The average Bonchev–Trinajstić information content (AvgIpc) is 3.40. The van der Waals surface area contributed by atoms with Crippen LogP contribution in [0.3, 0.4) is 0 Å². The highest BCUT2D eigenvalue weighted by molar-refractivity contribution is 7.16. The Morgan fingerprint density at radius 1 is 0.935 bits per heavy atom. The Labute approximate surface area is 183 Å². The molecule has 31 heavy (non-hydrogen) atoms. The molecule has 7 nitrogen and oxygen atoms in total. The van der Waals surface area contributed by atoms with Gasteiger partial charge in [-0.3, -0.25) is 14.5 Å². The lowest BCUT2D eigenvalue weighted by Crippen LogP contribution is -2.35. The Morgan fingerprint density at radius 2 is 1.58 bits per heavy atom. The summed E-state index contributed by atoms with van der Waals surface area (Å²) < 4.78 is 1.70. The highest BCUT2D eigenvalue weighted by atomic mass is 32.1. The lowest BCUT2D eigenvalue weighted by atomic mass is 10.0. The number of benzene rings is 2. The van der Waals surface area contributed by atoms with Gasteiger partial charge in [-0.2, -0.15) is 9.61 Å². The molecule has 0 spiro atoms. The maximum absolute atomic E-state index is 13.1. The molecule has 0 fully saturated rings. The number of imide groups is 1. The van der Waals surface area contributed by atoms with Crippen molar-refractivity contribution in [3.63, 3.8) is 0 Å². The van der Waals surface area contributed by atoms with E-state index in [2.05, 4.69) is 24.0 Å². The fourth-order valence-corrected chi connectivity index (χ4v) is 4.85. The Balaban J connectivity index is 1.58. The number of nitrogens with zero attached hydrogens (tertiary/aromatic N) is 5. The SMILES string of the molecule is Cc1ccc(-c2nnc3sc(C(CC(C)C)N4C(=O)c5ccccc5C4=O)nn23)cc1. The molecule has 1 unspecified atom stereocenters. The fraction of sp³-hybridized carbons (Fsp3) is 0.261. The summed E-state index contributed by atoms with van der Waals surface area (Å²) in [5.74, 6) is 0.371. The largest absolute Gasteiger partial charge is 0.269 e. The molecule has 1 aliphatic rings. The van der Waals surface area contributed by atoms with Gasteiger partial charge in [0, 0.05) is 5.56 Å². The van der Waals surface area contributed by atoms with Crippen LogP contribution >= 0.6 is 11.3 Å². The Hall–Kier alpha value is -3.39. The summed E-state index contributed by atoms with van der Waals surface area (Å²) in [5, 5.41) is 14.0. The Kier molecular flexibility index (Phi) is 4.66. The van der Waals surface area contributed by atoms with Crippen molar-refractivity contribution in [2.75, 3.05) is 0 Å². The summed E-state index contributed by atoms with van der Waals surface area (Å²) in [6, 6.07) is 14.5. The molecule has 4 aromatic rings. The summed E-state index contributed by atoms with van der Waals surface area (Å²) in [6.45, 7) is 6.18. The van der Waals surface area contributed by atoms with Crippen molar-refractivity contribution < 1.29 is 9.59 Å². The van der Waals surface area contributed by atoms with Gasteiger partial charge in [-0.15, -0.1) is 10.2 Å². The van der Waals surface area contributed by atoms with Crippen molar-refractivity contribution in [3.05, 3.63) is 70.2 Å². The van der Waals surface area contributed by atoms with E-state index in [-0.39, 0.29) is 17.7 Å². The third kappa shape index (κ3) is 3.23. The van der Waals surface area contributed by atoms with Gasteiger partial charge in [0.25, 0.3) is 11.8 Å². The first kappa shape index (κ1) is 19.6. The monoisotopic (exact) mass is 431 g/mol. The number of carbonyl (C=O) groups excluding carboxylic acids is 2. The summed E-state index contributed by atoms with van der Waals surface area (Å²) in [6.07, 6.45) is 0.620. The smallest absolute Gasteiger partial charge is 0.262 e. The number of hydrogen-bond acceptors (Lipinski definition) is 6. The molecule has 3 heterocycles. The Bertz CT molecular complexity index is 1270. The number of rotatable bonds is 5. The van der Waals surface area contributed by atoms with Crippen molar-refractivity contribution >= 4 is 28.1 Å². The van der Waals surface area contributed by atoms with Gasteiger partial charge in [0.2, 0.25) is 4.96 Å². The van der Waals surface area contributed by atoms with Gasteiger partial charge < -0.3 is 0 Å². The quantitative estimate of drug-likeness (QED) is 0.433. The van der Waals surface area contributed by atoms with Crippen LogP contribution in [0.15, 0.2) is 48.5 Å². The molecule has 0 saturated carbocycles. The molecule has 2 amide bonds. The third-order valence-electron chi connectivity index (χ3n) is 5.43. The molecule has 8 heteroatoms. The van der Waals surface area contributed by atoms with E-state index in [0.717, 1.165) is 11.1 Å². The maximum Gasteiger partial charge on any atom is 0.262 e. The average molecular weight is 432 g/mol. The molecule has 2 aromatic heterocycles. The van der Waals surface area contributed by atoms with Crippen LogP contribution in [0, 0.1) is 12.8 Å². The second kappa shape index (κ2) is 7.39. The van der Waals surface area contributed by atoms with Crippen LogP contribution in [0.25, 0.3) is 16.3 Å². The molecule has 156 valence electrons. The van der Waals surface area contributed by atoms with Crippen LogP contribution in [-0.2, 0) is 0 Å². The molecule has 0 radical (unpaired) electrons. The van der Waals surface area contributed by atoms with E-state index >= 15 is 0 Å². The number of amides is 2. The number of carbonyl (C=O) groups is 2. The van der Waals surface area contributed by atoms with Crippen LogP contribution in [-0.4, -0.2) is 36.5 Å². The third-order valence-corrected chi connectivity index (χ3v) is 6.43.